The van der Waals surface area contributed by atoms with Crippen molar-refractivity contribution in [3.63, 3.8) is 0 Å². The lowest BCUT2D eigenvalue weighted by molar-refractivity contribution is -0.127. The third kappa shape index (κ3) is 33.2. The summed E-state index contributed by atoms with van der Waals surface area (Å²) in [4.78, 5) is 144. The topological polar surface area (TPSA) is 651 Å². The zero-order chi connectivity index (χ0) is 78.8. The second-order valence-electron chi connectivity index (χ2n) is 24.2. The number of carbonyl (C=O) groups is 9. The molecule has 30 N–H and O–H groups in total. The molecule has 0 saturated heterocycles. The van der Waals surface area contributed by atoms with Crippen LogP contribution in [0.4, 0.5) is 0 Å². The average molecular weight is 1480 g/mol. The van der Waals surface area contributed by atoms with Crippen LogP contribution in [0.1, 0.15) is 141 Å². The Hall–Kier alpha value is -12.3. The highest BCUT2D eigenvalue weighted by Gasteiger charge is 2.29. The SMILES string of the molecule is CNC(=O)c1cc(CC(=O)[C@@H](CCCN=C(N)N)NC(=O)c2cc(CC(=O)[C@@H](CCCN=C(N)N)NC(=O)c3cc(CC(=O)[C@@H](CCCN=C(N)N)NC(=O)CCCCN=C(N)N)ccc3OC)ccc2OC)ccc1OC.C[C@H](CCCN=C(N)N)C(=O)Cc1ccc(OCCN=C(N)N)c(C(N)=O)c1. The number of nitrogens with one attached hydrogen (secondary N) is 4. The van der Waals surface area contributed by atoms with Gasteiger partial charge in [0.2, 0.25) is 5.91 Å². The van der Waals surface area contributed by atoms with E-state index < -0.39 is 47.5 Å². The first-order valence-corrected chi connectivity index (χ1v) is 34.0. The zero-order valence-electron chi connectivity index (χ0n) is 60.8. The summed E-state index contributed by atoms with van der Waals surface area (Å²) in [7, 11) is 5.61. The van der Waals surface area contributed by atoms with Crippen LogP contribution in [-0.2, 0) is 49.7 Å². The van der Waals surface area contributed by atoms with E-state index in [0.29, 0.717) is 85.4 Å². The highest BCUT2D eigenvalue weighted by molar-refractivity contribution is 6.03. The lowest BCUT2D eigenvalue weighted by Crippen LogP contribution is -2.42. The molecule has 5 amide bonds. The van der Waals surface area contributed by atoms with E-state index in [2.05, 4.69) is 51.2 Å². The number of nitrogens with zero attached hydrogens (tertiary/aromatic N) is 6. The number of guanidine groups is 6. The average Bonchev–Trinajstić information content (AvgIpc) is 0.833. The van der Waals surface area contributed by atoms with Gasteiger partial charge in [-0.2, -0.15) is 0 Å². The first-order valence-electron chi connectivity index (χ1n) is 34.0. The van der Waals surface area contributed by atoms with Gasteiger partial charge in [-0.15, -0.1) is 0 Å². The van der Waals surface area contributed by atoms with E-state index in [1.165, 1.54) is 58.7 Å². The summed E-state index contributed by atoms with van der Waals surface area (Å²) in [6.07, 6.45) is 3.48. The van der Waals surface area contributed by atoms with Crippen molar-refractivity contribution in [2.75, 3.05) is 74.3 Å². The number of Topliss-reactive ketones (excluding diaryl/α,β-unsaturated/α-hetero) is 4. The Morgan fingerprint density at radius 1 is 0.368 bits per heavy atom. The number of carbonyl (C=O) groups excluding carboxylic acids is 9. The molecule has 0 radical (unpaired) electrons. The van der Waals surface area contributed by atoms with Gasteiger partial charge in [0.25, 0.3) is 23.6 Å². The Labute approximate surface area is 615 Å². The number of ether oxygens (including phenoxy) is 4. The molecule has 578 valence electrons. The van der Waals surface area contributed by atoms with E-state index >= 15 is 0 Å². The van der Waals surface area contributed by atoms with Crippen LogP contribution in [0.15, 0.2) is 103 Å². The number of nitrogens with two attached hydrogens (primary N) is 13. The molecule has 106 heavy (non-hydrogen) atoms. The van der Waals surface area contributed by atoms with Gasteiger partial charge < -0.3 is 115 Å². The van der Waals surface area contributed by atoms with Crippen molar-refractivity contribution in [1.29, 1.82) is 0 Å². The van der Waals surface area contributed by atoms with Crippen LogP contribution in [0.5, 0.6) is 23.0 Å². The predicted molar refractivity (Wildman–Crippen MR) is 406 cm³/mol. The fourth-order valence-corrected chi connectivity index (χ4v) is 10.5. The largest absolute Gasteiger partial charge is 0.496 e. The molecule has 0 aliphatic rings. The van der Waals surface area contributed by atoms with E-state index in [1.807, 2.05) is 6.92 Å². The number of hydrogen-bond donors (Lipinski definition) is 17. The number of aliphatic imine (C=N–C) groups is 6. The molecular weight excluding hydrogens is 1370 g/mol. The van der Waals surface area contributed by atoms with Crippen molar-refractivity contribution >= 4 is 88.4 Å². The molecule has 0 heterocycles. The van der Waals surface area contributed by atoms with Gasteiger partial charge in [0, 0.05) is 77.8 Å². The maximum atomic E-state index is 14.3. The number of ketones is 4. The third-order valence-electron chi connectivity index (χ3n) is 15.9. The lowest BCUT2D eigenvalue weighted by atomic mass is 9.94. The fourth-order valence-electron chi connectivity index (χ4n) is 10.5. The number of benzene rings is 4. The molecule has 0 aliphatic carbocycles. The van der Waals surface area contributed by atoms with Gasteiger partial charge in [0.05, 0.1) is 68.3 Å². The molecule has 36 heteroatoms. The maximum Gasteiger partial charge on any atom is 0.255 e. The summed E-state index contributed by atoms with van der Waals surface area (Å²) >= 11 is 0. The Bertz CT molecular complexity index is 3820. The van der Waals surface area contributed by atoms with E-state index in [9.17, 15) is 43.2 Å². The van der Waals surface area contributed by atoms with E-state index in [0.717, 1.165) is 0 Å². The molecule has 4 aromatic rings. The van der Waals surface area contributed by atoms with Gasteiger partial charge in [-0.25, -0.2) is 0 Å². The first kappa shape index (κ1) is 87.9. The molecule has 4 aromatic carbocycles. The van der Waals surface area contributed by atoms with Crippen LogP contribution in [0.2, 0.25) is 0 Å². The Balaban J connectivity index is 0.000000868. The summed E-state index contributed by atoms with van der Waals surface area (Å²) in [6, 6.07) is 15.7. The van der Waals surface area contributed by atoms with Gasteiger partial charge in [0.15, 0.2) is 53.1 Å². The molecule has 4 rings (SSSR count). The zero-order valence-corrected chi connectivity index (χ0v) is 60.8. The number of rotatable bonds is 47. The van der Waals surface area contributed by atoms with Crippen molar-refractivity contribution in [1.82, 2.24) is 21.3 Å². The normalized spacial score (nSPS) is 11.6. The van der Waals surface area contributed by atoms with E-state index in [1.54, 1.807) is 42.5 Å². The van der Waals surface area contributed by atoms with Crippen LogP contribution < -0.4 is 115 Å². The van der Waals surface area contributed by atoms with E-state index in [4.69, 9.17) is 93.5 Å². The Morgan fingerprint density at radius 3 is 1.03 bits per heavy atom. The second kappa shape index (κ2) is 47.1. The van der Waals surface area contributed by atoms with Crippen LogP contribution in [0.25, 0.3) is 0 Å². The highest BCUT2D eigenvalue weighted by Crippen LogP contribution is 2.27. The molecule has 0 saturated carbocycles. The molecule has 0 aromatic heterocycles. The molecule has 0 spiro atoms. The molecule has 0 fully saturated rings. The Kier molecular flexibility index (Phi) is 39.1. The fraction of sp³-hybridized carbons (Fsp3) is 0.443. The molecule has 36 nitrogen and oxygen atoms in total. The molecule has 4 atom stereocenters. The van der Waals surface area contributed by atoms with Crippen molar-refractivity contribution in [2.24, 2.45) is 110 Å². The smallest absolute Gasteiger partial charge is 0.255 e. The van der Waals surface area contributed by atoms with Gasteiger partial charge in [-0.1, -0.05) is 31.2 Å². The van der Waals surface area contributed by atoms with Crippen LogP contribution >= 0.6 is 0 Å². The molecule has 0 aliphatic heterocycles. The summed E-state index contributed by atoms with van der Waals surface area (Å²) < 4.78 is 21.9. The minimum absolute atomic E-state index is 0.00991. The van der Waals surface area contributed by atoms with Crippen LogP contribution in [-0.4, -0.2) is 181 Å². The quantitative estimate of drug-likeness (QED) is 0.0134. The summed E-state index contributed by atoms with van der Waals surface area (Å²) in [5, 5.41) is 11.0. The second-order valence-corrected chi connectivity index (χ2v) is 24.2. The van der Waals surface area contributed by atoms with Crippen molar-refractivity contribution in [3.05, 3.63) is 117 Å². The van der Waals surface area contributed by atoms with Crippen LogP contribution in [0, 0.1) is 5.92 Å². The summed E-state index contributed by atoms with van der Waals surface area (Å²) in [6.45, 7) is 3.64. The minimum atomic E-state index is -1.13. The number of unbranched alkanes of at least 4 members (excludes halogenated alkanes) is 1. The molecule has 0 bridgehead atoms. The summed E-state index contributed by atoms with van der Waals surface area (Å²) in [5.74, 6) is -3.63. The molecule has 0 unspecified atom stereocenters. The maximum absolute atomic E-state index is 14.3. The van der Waals surface area contributed by atoms with Crippen molar-refractivity contribution < 1.29 is 62.1 Å². The van der Waals surface area contributed by atoms with Gasteiger partial charge in [-0.3, -0.25) is 73.1 Å². The number of amides is 5. The van der Waals surface area contributed by atoms with Crippen molar-refractivity contribution in [2.45, 2.75) is 121 Å². The van der Waals surface area contributed by atoms with Crippen molar-refractivity contribution in [3.8, 4) is 23.0 Å². The van der Waals surface area contributed by atoms with Crippen LogP contribution in [0.3, 0.4) is 0 Å². The minimum Gasteiger partial charge on any atom is -0.496 e. The highest BCUT2D eigenvalue weighted by atomic mass is 16.5. The molecular formula is C70H105N23O13. The lowest BCUT2D eigenvalue weighted by Gasteiger charge is -2.21. The van der Waals surface area contributed by atoms with E-state index in [-0.39, 0.29) is 189 Å². The summed E-state index contributed by atoms with van der Waals surface area (Å²) in [5.41, 5.74) is 72.7. The number of methoxy groups -OCH3 is 3. The number of hydrogen-bond acceptors (Lipinski definition) is 19. The first-order chi connectivity index (χ1) is 50.4. The standard InChI is InChI=1S/C52H76N16O10.C18H29N7O3/c1-61-46(73)33-24-30(14-17-42(33)76-2)28-40(70)37(11-8-22-64-51(57)58)67-48(75)35-26-32(16-19-44(35)78-4)29-41(71)38(12-9-23-65-52(59)60)68-47(74)34-25-31(15-18-43(34)77-3)27-39(69)36(10-7-21-63-50(55)56)66-45(72)13-5-6-20-62-49(53)54;1-11(3-2-6-24-17(20)21)14(26)10-12-4-5-15(13(9-12)16(19)27)28-8-7-25-18(22)23/h14-19,24-26,36-38H,5-13,20-23,27-29H2,1-4H3,(H,61,73)(H,66,72)(H,67,75)(H,68,74)(H4,53,54,62)(H4,55,56,63)(H4,57,58,64)(H4,59,60,65);4-5,9,11H,2-3,6-8,10H2,1H3,(H2,19,27)(H4,20,21,24)(H4,22,23,25)/t36-,37-,38-;11-/m11/s1. The third-order valence-corrected chi connectivity index (χ3v) is 15.9. The van der Waals surface area contributed by atoms with Gasteiger partial charge in [-0.05, 0) is 135 Å². The monoisotopic (exact) mass is 1480 g/mol. The van der Waals surface area contributed by atoms with Gasteiger partial charge in [0.1, 0.15) is 35.4 Å². The number of primary amides is 1. The predicted octanol–water partition coefficient (Wildman–Crippen LogP) is -1.67. The Morgan fingerprint density at radius 2 is 0.679 bits per heavy atom. The van der Waals surface area contributed by atoms with Gasteiger partial charge >= 0.3 is 0 Å².